The third kappa shape index (κ3) is 5.59. The molecule has 0 aliphatic rings. The lowest BCUT2D eigenvalue weighted by Crippen LogP contribution is -2.23. The molecule has 1 N–H and O–H groups in total. The van der Waals surface area contributed by atoms with E-state index in [2.05, 4.69) is 20.6 Å². The van der Waals surface area contributed by atoms with Crippen molar-refractivity contribution in [3.8, 4) is 10.7 Å². The molecule has 3 heterocycles. The summed E-state index contributed by atoms with van der Waals surface area (Å²) in [4.78, 5) is 29.3. The molecule has 0 fully saturated rings. The number of carbonyl (C=O) groups is 2. The number of nitrogens with one attached hydrogen (secondary N) is 1. The number of aryl methyl sites for hydroxylation is 1. The summed E-state index contributed by atoms with van der Waals surface area (Å²) in [6, 6.07) is 12.8. The Hall–Kier alpha value is -3.50. The number of carbonyl (C=O) groups excluding carboxylic acids is 2. The second-order valence-corrected chi connectivity index (χ2v) is 8.02. The maximum atomic E-state index is 12.2. The van der Waals surface area contributed by atoms with Gasteiger partial charge in [0.25, 0.3) is 5.91 Å². The van der Waals surface area contributed by atoms with E-state index in [1.807, 2.05) is 35.7 Å². The van der Waals surface area contributed by atoms with Crippen LogP contribution in [-0.2, 0) is 27.3 Å². The molecule has 0 radical (unpaired) electrons. The lowest BCUT2D eigenvalue weighted by atomic mass is 10.2. The summed E-state index contributed by atoms with van der Waals surface area (Å²) < 4.78 is 11.8. The number of esters is 1. The van der Waals surface area contributed by atoms with Gasteiger partial charge >= 0.3 is 5.97 Å². The molecule has 0 spiro atoms. The van der Waals surface area contributed by atoms with Crippen LogP contribution in [-0.4, -0.2) is 38.4 Å². The van der Waals surface area contributed by atoms with Crippen molar-refractivity contribution >= 4 is 40.6 Å². The molecule has 32 heavy (non-hydrogen) atoms. The Morgan fingerprint density at radius 2 is 2.06 bits per heavy atom. The van der Waals surface area contributed by atoms with Crippen LogP contribution in [0, 0.1) is 0 Å². The fourth-order valence-corrected chi connectivity index (χ4v) is 3.67. The molecular formula is C21H18ClN5O4S. The molecule has 1 amide bonds. The molecule has 0 bridgehead atoms. The topological polar surface area (TPSA) is 112 Å². The minimum absolute atomic E-state index is 0.0177. The number of hydrogen-bond acceptors (Lipinski definition) is 8. The number of thiophene rings is 1. The van der Waals surface area contributed by atoms with Crippen LogP contribution in [0.15, 0.2) is 58.6 Å². The molecule has 0 aliphatic carbocycles. The van der Waals surface area contributed by atoms with Gasteiger partial charge in [-0.2, -0.15) is 10.1 Å². The summed E-state index contributed by atoms with van der Waals surface area (Å²) in [5, 5.41) is 13.3. The standard InChI is InChI=1S/C21H18ClN5O4S/c22-15-5-2-1-4-14(15)12-27-17(9-10-23-27)24-18(28)13-30-20(29)8-7-19-25-21(26-31-19)16-6-3-11-32-16/h1-6,9-11H,7-8,12-13H2,(H,24,28). The minimum atomic E-state index is -0.541. The van der Waals surface area contributed by atoms with Gasteiger partial charge in [-0.3, -0.25) is 9.59 Å². The van der Waals surface area contributed by atoms with E-state index in [9.17, 15) is 9.59 Å². The van der Waals surface area contributed by atoms with Crippen molar-refractivity contribution in [1.29, 1.82) is 0 Å². The molecule has 0 saturated heterocycles. The average Bonchev–Trinajstić information content (AvgIpc) is 3.55. The van der Waals surface area contributed by atoms with Crippen LogP contribution in [0.3, 0.4) is 0 Å². The largest absolute Gasteiger partial charge is 0.456 e. The summed E-state index contributed by atoms with van der Waals surface area (Å²) in [6.07, 6.45) is 1.81. The van der Waals surface area contributed by atoms with E-state index in [0.717, 1.165) is 10.4 Å². The number of amides is 1. The van der Waals surface area contributed by atoms with Crippen molar-refractivity contribution in [1.82, 2.24) is 19.9 Å². The van der Waals surface area contributed by atoms with Crippen LogP contribution >= 0.6 is 22.9 Å². The fraction of sp³-hybridized carbons (Fsp3) is 0.190. The summed E-state index contributed by atoms with van der Waals surface area (Å²) in [7, 11) is 0. The third-order valence-corrected chi connectivity index (χ3v) is 5.61. The Labute approximate surface area is 192 Å². The van der Waals surface area contributed by atoms with E-state index in [4.69, 9.17) is 20.9 Å². The molecule has 4 rings (SSSR count). The Morgan fingerprint density at radius 1 is 1.19 bits per heavy atom. The molecule has 164 valence electrons. The van der Waals surface area contributed by atoms with Gasteiger partial charge in [0.2, 0.25) is 11.7 Å². The van der Waals surface area contributed by atoms with Crippen molar-refractivity contribution in [2.75, 3.05) is 11.9 Å². The zero-order chi connectivity index (χ0) is 22.3. The van der Waals surface area contributed by atoms with Gasteiger partial charge in [0, 0.05) is 17.5 Å². The molecule has 0 aliphatic heterocycles. The monoisotopic (exact) mass is 471 g/mol. The summed E-state index contributed by atoms with van der Waals surface area (Å²) >= 11 is 7.68. The molecule has 1 aromatic carbocycles. The quantitative estimate of drug-likeness (QED) is 0.369. The van der Waals surface area contributed by atoms with Crippen molar-refractivity contribution in [3.63, 3.8) is 0 Å². The van der Waals surface area contributed by atoms with Gasteiger partial charge in [-0.1, -0.05) is 41.0 Å². The number of anilines is 1. The maximum absolute atomic E-state index is 12.2. The van der Waals surface area contributed by atoms with Crippen molar-refractivity contribution < 1.29 is 18.8 Å². The number of ether oxygens (including phenoxy) is 1. The van der Waals surface area contributed by atoms with E-state index in [1.54, 1.807) is 23.0 Å². The summed E-state index contributed by atoms with van der Waals surface area (Å²) in [6.45, 7) is -0.0277. The first-order valence-electron chi connectivity index (χ1n) is 9.65. The number of halogens is 1. The van der Waals surface area contributed by atoms with Gasteiger partial charge in [-0.05, 0) is 23.1 Å². The highest BCUT2D eigenvalue weighted by molar-refractivity contribution is 7.13. The zero-order valence-corrected chi connectivity index (χ0v) is 18.3. The van der Waals surface area contributed by atoms with E-state index >= 15 is 0 Å². The number of nitrogens with zero attached hydrogens (tertiary/aromatic N) is 4. The summed E-state index contributed by atoms with van der Waals surface area (Å²) in [5.41, 5.74) is 0.864. The Balaban J connectivity index is 1.23. The molecule has 11 heteroatoms. The molecule has 0 atom stereocenters. The molecule has 0 unspecified atom stereocenters. The van der Waals surface area contributed by atoms with E-state index in [-0.39, 0.29) is 12.8 Å². The van der Waals surface area contributed by atoms with Crippen molar-refractivity contribution in [2.45, 2.75) is 19.4 Å². The molecule has 9 nitrogen and oxygen atoms in total. The number of aromatic nitrogens is 4. The second-order valence-electron chi connectivity index (χ2n) is 6.66. The van der Waals surface area contributed by atoms with Crippen LogP contribution < -0.4 is 5.32 Å². The molecule has 4 aromatic rings. The molecular weight excluding hydrogens is 454 g/mol. The fourth-order valence-electron chi connectivity index (χ4n) is 2.82. The van der Waals surface area contributed by atoms with E-state index in [0.29, 0.717) is 29.1 Å². The Bertz CT molecular complexity index is 1200. The van der Waals surface area contributed by atoms with Gasteiger partial charge in [0.15, 0.2) is 6.61 Å². The predicted octanol–water partition coefficient (Wildman–Crippen LogP) is 3.81. The lowest BCUT2D eigenvalue weighted by molar-refractivity contribution is -0.147. The highest BCUT2D eigenvalue weighted by Crippen LogP contribution is 2.21. The minimum Gasteiger partial charge on any atom is -0.456 e. The van der Waals surface area contributed by atoms with Crippen LogP contribution in [0.2, 0.25) is 5.02 Å². The van der Waals surface area contributed by atoms with Crippen LogP contribution in [0.25, 0.3) is 10.7 Å². The highest BCUT2D eigenvalue weighted by atomic mass is 35.5. The van der Waals surface area contributed by atoms with Crippen LogP contribution in [0.4, 0.5) is 5.82 Å². The zero-order valence-electron chi connectivity index (χ0n) is 16.7. The predicted molar refractivity (Wildman–Crippen MR) is 118 cm³/mol. The van der Waals surface area contributed by atoms with Crippen molar-refractivity contribution in [3.05, 3.63) is 70.5 Å². The lowest BCUT2D eigenvalue weighted by Gasteiger charge is -2.10. The van der Waals surface area contributed by atoms with Crippen LogP contribution in [0.5, 0.6) is 0 Å². The highest BCUT2D eigenvalue weighted by Gasteiger charge is 2.14. The van der Waals surface area contributed by atoms with Gasteiger partial charge in [0.05, 0.1) is 24.0 Å². The van der Waals surface area contributed by atoms with Crippen molar-refractivity contribution in [2.24, 2.45) is 0 Å². The summed E-state index contributed by atoms with van der Waals surface area (Å²) in [5.74, 6) is 0.269. The van der Waals surface area contributed by atoms with Gasteiger partial charge < -0.3 is 14.6 Å². The van der Waals surface area contributed by atoms with E-state index < -0.39 is 18.5 Å². The second kappa shape index (κ2) is 10.2. The smallest absolute Gasteiger partial charge is 0.306 e. The van der Waals surface area contributed by atoms with Gasteiger partial charge in [-0.25, -0.2) is 4.68 Å². The molecule has 0 saturated carbocycles. The van der Waals surface area contributed by atoms with Crippen LogP contribution in [0.1, 0.15) is 17.9 Å². The average molecular weight is 472 g/mol. The van der Waals surface area contributed by atoms with Gasteiger partial charge in [0.1, 0.15) is 5.82 Å². The first kappa shape index (κ1) is 21.7. The maximum Gasteiger partial charge on any atom is 0.306 e. The number of rotatable bonds is 9. The normalized spacial score (nSPS) is 10.8. The molecule has 3 aromatic heterocycles. The van der Waals surface area contributed by atoms with Gasteiger partial charge in [-0.15, -0.1) is 11.3 Å². The SMILES string of the molecule is O=C(COC(=O)CCc1nc(-c2cccs2)no1)Nc1ccnn1Cc1ccccc1Cl. The third-order valence-electron chi connectivity index (χ3n) is 4.38. The van der Waals surface area contributed by atoms with E-state index in [1.165, 1.54) is 11.3 Å². The Kier molecular flexibility index (Phi) is 6.93. The number of benzene rings is 1. The first-order chi connectivity index (χ1) is 15.6. The number of hydrogen-bond donors (Lipinski definition) is 1. The Morgan fingerprint density at radius 3 is 2.88 bits per heavy atom. The first-order valence-corrected chi connectivity index (χ1v) is 10.9.